The Kier molecular flexibility index (Phi) is 4.94. The van der Waals surface area contributed by atoms with Crippen molar-refractivity contribution in [2.75, 3.05) is 0 Å². The van der Waals surface area contributed by atoms with E-state index in [1.165, 1.54) is 6.92 Å². The molecule has 0 bridgehead atoms. The number of nitrogens with zero attached hydrogens (tertiary/aromatic N) is 1. The van der Waals surface area contributed by atoms with Gasteiger partial charge in [0, 0.05) is 0 Å². The van der Waals surface area contributed by atoms with Gasteiger partial charge >= 0.3 is 5.97 Å². The van der Waals surface area contributed by atoms with Crippen molar-refractivity contribution < 1.29 is 14.3 Å². The molecule has 0 amide bonds. The fraction of sp³-hybridized carbons (Fsp3) is 0.176. The second-order valence-corrected chi connectivity index (χ2v) is 4.48. The largest absolute Gasteiger partial charge is 0.489 e. The molecule has 0 radical (unpaired) electrons. The molecule has 106 valence electrons. The van der Waals surface area contributed by atoms with Crippen LogP contribution in [0.15, 0.2) is 54.6 Å². The maximum absolute atomic E-state index is 11.8. The lowest BCUT2D eigenvalue weighted by atomic mass is 10.2. The van der Waals surface area contributed by atoms with E-state index in [-0.39, 0.29) is 0 Å². The van der Waals surface area contributed by atoms with Crippen molar-refractivity contribution in [2.45, 2.75) is 19.6 Å². The van der Waals surface area contributed by atoms with Gasteiger partial charge < -0.3 is 9.47 Å². The Morgan fingerprint density at radius 1 is 1.19 bits per heavy atom. The number of esters is 1. The van der Waals surface area contributed by atoms with E-state index >= 15 is 0 Å². The minimum Gasteiger partial charge on any atom is -0.489 e. The van der Waals surface area contributed by atoms with E-state index in [9.17, 15) is 4.79 Å². The van der Waals surface area contributed by atoms with Crippen LogP contribution in [-0.2, 0) is 11.3 Å². The average molecular weight is 281 g/mol. The van der Waals surface area contributed by atoms with Gasteiger partial charge in [-0.3, -0.25) is 0 Å². The number of rotatable bonds is 5. The van der Waals surface area contributed by atoms with Crippen LogP contribution in [-0.4, -0.2) is 12.1 Å². The Bertz CT molecular complexity index is 647. The summed E-state index contributed by atoms with van der Waals surface area (Å²) < 4.78 is 10.6. The van der Waals surface area contributed by atoms with Crippen LogP contribution >= 0.6 is 0 Å². The molecule has 0 fully saturated rings. The molecule has 2 rings (SSSR count). The summed E-state index contributed by atoms with van der Waals surface area (Å²) in [6, 6.07) is 18.3. The van der Waals surface area contributed by atoms with E-state index in [1.54, 1.807) is 24.3 Å². The third-order valence-corrected chi connectivity index (χ3v) is 2.78. The monoisotopic (exact) mass is 281 g/mol. The number of hydrogen-bond donors (Lipinski definition) is 0. The van der Waals surface area contributed by atoms with Gasteiger partial charge in [-0.25, -0.2) is 4.79 Å². The number of carbonyl (C=O) groups is 1. The van der Waals surface area contributed by atoms with Gasteiger partial charge in [-0.2, -0.15) is 5.26 Å². The first-order valence-corrected chi connectivity index (χ1v) is 6.56. The summed E-state index contributed by atoms with van der Waals surface area (Å²) in [5.74, 6) is 0.0483. The highest BCUT2D eigenvalue weighted by atomic mass is 16.5. The van der Waals surface area contributed by atoms with Crippen molar-refractivity contribution in [3.63, 3.8) is 0 Å². The van der Waals surface area contributed by atoms with Gasteiger partial charge in [0.2, 0.25) is 0 Å². The van der Waals surface area contributed by atoms with Crippen LogP contribution in [0.25, 0.3) is 0 Å². The minimum atomic E-state index is -0.772. The lowest BCUT2D eigenvalue weighted by Gasteiger charge is -2.09. The molecule has 0 N–H and O–H groups in total. The summed E-state index contributed by atoms with van der Waals surface area (Å²) in [4.78, 5) is 11.8. The summed E-state index contributed by atoms with van der Waals surface area (Å²) in [7, 11) is 0. The highest BCUT2D eigenvalue weighted by Gasteiger charge is 2.12. The topological polar surface area (TPSA) is 59.3 Å². The average Bonchev–Trinajstić information content (AvgIpc) is 2.54. The second-order valence-electron chi connectivity index (χ2n) is 4.48. The zero-order valence-electron chi connectivity index (χ0n) is 11.7. The van der Waals surface area contributed by atoms with Crippen molar-refractivity contribution >= 4 is 5.97 Å². The first-order valence-electron chi connectivity index (χ1n) is 6.56. The molecule has 0 unspecified atom stereocenters. The smallest absolute Gasteiger partial charge is 0.339 e. The summed E-state index contributed by atoms with van der Waals surface area (Å²) in [5.41, 5.74) is 1.41. The maximum atomic E-state index is 11.8. The van der Waals surface area contributed by atoms with Crippen LogP contribution in [0.4, 0.5) is 0 Å². The number of ether oxygens (including phenoxy) is 2. The van der Waals surface area contributed by atoms with Crippen molar-refractivity contribution in [3.05, 3.63) is 65.7 Å². The molecule has 2 aromatic rings. The quantitative estimate of drug-likeness (QED) is 0.789. The Morgan fingerprint density at radius 3 is 2.67 bits per heavy atom. The fourth-order valence-corrected chi connectivity index (χ4v) is 1.71. The van der Waals surface area contributed by atoms with E-state index < -0.39 is 12.1 Å². The van der Waals surface area contributed by atoms with Gasteiger partial charge in [0.25, 0.3) is 0 Å². The van der Waals surface area contributed by atoms with E-state index in [0.29, 0.717) is 17.9 Å². The molecule has 0 aliphatic heterocycles. The van der Waals surface area contributed by atoms with E-state index in [4.69, 9.17) is 14.7 Å². The molecular weight excluding hydrogens is 266 g/mol. The normalized spacial score (nSPS) is 11.2. The lowest BCUT2D eigenvalue weighted by Crippen LogP contribution is -2.13. The summed E-state index contributed by atoms with van der Waals surface area (Å²) in [5, 5.41) is 8.64. The molecular formula is C17H15NO3. The fourth-order valence-electron chi connectivity index (χ4n) is 1.71. The predicted molar refractivity (Wildman–Crippen MR) is 77.7 cm³/mol. The highest BCUT2D eigenvalue weighted by Crippen LogP contribution is 2.16. The molecule has 1 atom stereocenters. The van der Waals surface area contributed by atoms with Crippen molar-refractivity contribution in [1.29, 1.82) is 5.26 Å². The van der Waals surface area contributed by atoms with Crippen LogP contribution in [0, 0.1) is 11.3 Å². The van der Waals surface area contributed by atoms with Gasteiger partial charge in [0.15, 0.2) is 6.10 Å². The highest BCUT2D eigenvalue weighted by molar-refractivity contribution is 5.90. The summed E-state index contributed by atoms with van der Waals surface area (Å²) in [6.45, 7) is 1.95. The van der Waals surface area contributed by atoms with E-state index in [2.05, 4.69) is 0 Å². The molecule has 0 aliphatic rings. The van der Waals surface area contributed by atoms with Crippen molar-refractivity contribution in [1.82, 2.24) is 0 Å². The van der Waals surface area contributed by atoms with Crippen LogP contribution < -0.4 is 4.74 Å². The maximum Gasteiger partial charge on any atom is 0.339 e. The zero-order valence-corrected chi connectivity index (χ0v) is 11.7. The summed E-state index contributed by atoms with van der Waals surface area (Å²) >= 11 is 0. The van der Waals surface area contributed by atoms with Gasteiger partial charge in [0.05, 0.1) is 5.56 Å². The predicted octanol–water partition coefficient (Wildman–Crippen LogP) is 3.33. The zero-order chi connectivity index (χ0) is 15.1. The standard InChI is InChI=1S/C17H15NO3/c1-13(11-18)21-17(19)15-8-5-9-16(10-15)20-12-14-6-3-2-4-7-14/h2-10,13H,12H2,1H3/t13-/m1/s1. The number of hydrogen-bond acceptors (Lipinski definition) is 4. The molecule has 4 heteroatoms. The molecule has 2 aromatic carbocycles. The first kappa shape index (κ1) is 14.6. The second kappa shape index (κ2) is 7.11. The van der Waals surface area contributed by atoms with E-state index in [1.807, 2.05) is 36.4 Å². The minimum absolute atomic E-state index is 0.364. The Hall–Kier alpha value is -2.80. The van der Waals surface area contributed by atoms with E-state index in [0.717, 1.165) is 5.56 Å². The third-order valence-electron chi connectivity index (χ3n) is 2.78. The molecule has 21 heavy (non-hydrogen) atoms. The van der Waals surface area contributed by atoms with Crippen LogP contribution in [0.1, 0.15) is 22.8 Å². The van der Waals surface area contributed by atoms with Crippen LogP contribution in [0.5, 0.6) is 5.75 Å². The Balaban J connectivity index is 2.01. The molecule has 0 saturated carbocycles. The SMILES string of the molecule is C[C@H](C#N)OC(=O)c1cccc(OCc2ccccc2)c1. The molecule has 0 aromatic heterocycles. The van der Waals surface area contributed by atoms with Gasteiger partial charge in [-0.05, 0) is 30.7 Å². The van der Waals surface area contributed by atoms with Gasteiger partial charge in [-0.15, -0.1) is 0 Å². The van der Waals surface area contributed by atoms with Gasteiger partial charge in [0.1, 0.15) is 18.4 Å². The van der Waals surface area contributed by atoms with Gasteiger partial charge in [-0.1, -0.05) is 36.4 Å². The molecule has 0 heterocycles. The number of nitriles is 1. The summed E-state index contributed by atoms with van der Waals surface area (Å²) in [6.07, 6.45) is -0.772. The molecule has 0 aliphatic carbocycles. The van der Waals surface area contributed by atoms with Crippen LogP contribution in [0.2, 0.25) is 0 Å². The molecule has 4 nitrogen and oxygen atoms in total. The van der Waals surface area contributed by atoms with Crippen molar-refractivity contribution in [2.24, 2.45) is 0 Å². The Labute approximate surface area is 123 Å². The third kappa shape index (κ3) is 4.36. The van der Waals surface area contributed by atoms with Crippen molar-refractivity contribution in [3.8, 4) is 11.8 Å². The van der Waals surface area contributed by atoms with Crippen LogP contribution in [0.3, 0.4) is 0 Å². The number of carbonyl (C=O) groups excluding carboxylic acids is 1. The molecule has 0 spiro atoms. The molecule has 0 saturated heterocycles. The number of benzene rings is 2. The Morgan fingerprint density at radius 2 is 1.95 bits per heavy atom. The first-order chi connectivity index (χ1) is 10.2. The lowest BCUT2D eigenvalue weighted by molar-refractivity contribution is 0.0435.